The summed E-state index contributed by atoms with van der Waals surface area (Å²) in [6.45, 7) is 0. The van der Waals surface area contributed by atoms with Crippen molar-refractivity contribution in [3.63, 3.8) is 0 Å². The maximum Gasteiger partial charge on any atom is 0.273 e. The Hall–Kier alpha value is -4.84. The van der Waals surface area contributed by atoms with Crippen LogP contribution in [0.4, 0.5) is 17.1 Å². The van der Waals surface area contributed by atoms with Crippen LogP contribution >= 0.6 is 0 Å². The monoisotopic (exact) mass is 430 g/mol. The van der Waals surface area contributed by atoms with Crippen LogP contribution in [0.15, 0.2) is 84.6 Å². The van der Waals surface area contributed by atoms with Crippen molar-refractivity contribution in [2.24, 2.45) is 0 Å². The van der Waals surface area contributed by atoms with Crippen LogP contribution in [0.2, 0.25) is 0 Å². The molecule has 0 saturated carbocycles. The zero-order valence-electron chi connectivity index (χ0n) is 16.9. The van der Waals surface area contributed by atoms with E-state index >= 15 is 0 Å². The van der Waals surface area contributed by atoms with Gasteiger partial charge in [-0.2, -0.15) is 5.26 Å². The number of nitrogens with zero attached hydrogens (tertiary/aromatic N) is 2. The molecule has 0 fully saturated rings. The normalized spacial score (nSPS) is 10.6. The number of methoxy groups -OCH3 is 1. The van der Waals surface area contributed by atoms with Crippen LogP contribution in [0.1, 0.15) is 0 Å². The number of hydrogen-bond donors (Lipinski definition) is 2. The number of benzene rings is 3. The third kappa shape index (κ3) is 5.61. The van der Waals surface area contributed by atoms with Crippen LogP contribution in [0.25, 0.3) is 0 Å². The zero-order valence-corrected chi connectivity index (χ0v) is 16.9. The molecule has 0 aromatic heterocycles. The SMILES string of the molecule is COc1cc([N+](=O)[O-])ccc1NC(=O)/C(C#N)=C\Nc1ccc(Oc2ccccc2)cc1. The van der Waals surface area contributed by atoms with E-state index < -0.39 is 10.8 Å². The third-order valence-electron chi connectivity index (χ3n) is 4.23. The van der Waals surface area contributed by atoms with Crippen molar-refractivity contribution in [1.82, 2.24) is 0 Å². The summed E-state index contributed by atoms with van der Waals surface area (Å²) in [6, 6.07) is 21.9. The van der Waals surface area contributed by atoms with Crippen molar-refractivity contribution in [1.29, 1.82) is 5.26 Å². The van der Waals surface area contributed by atoms with Crippen LogP contribution in [0, 0.1) is 21.4 Å². The quantitative estimate of drug-likeness (QED) is 0.226. The number of rotatable bonds is 8. The number of nitro benzene ring substituents is 1. The Labute approximate surface area is 183 Å². The fraction of sp³-hybridized carbons (Fsp3) is 0.0435. The molecular weight excluding hydrogens is 412 g/mol. The molecule has 0 unspecified atom stereocenters. The second kappa shape index (κ2) is 10.3. The Balaban J connectivity index is 1.66. The summed E-state index contributed by atoms with van der Waals surface area (Å²) in [4.78, 5) is 22.8. The van der Waals surface area contributed by atoms with Gasteiger partial charge in [0.2, 0.25) is 0 Å². The standard InChI is InChI=1S/C23H18N4O5/c1-31-22-13-18(27(29)30)9-12-21(22)26-23(28)16(14-24)15-25-17-7-10-20(11-8-17)32-19-5-3-2-4-6-19/h2-13,15,25H,1H3,(H,26,28)/b16-15-. The van der Waals surface area contributed by atoms with E-state index in [9.17, 15) is 20.2 Å². The fourth-order valence-corrected chi connectivity index (χ4v) is 2.63. The van der Waals surface area contributed by atoms with Gasteiger partial charge in [0.25, 0.3) is 11.6 Å². The topological polar surface area (TPSA) is 127 Å². The van der Waals surface area contributed by atoms with Gasteiger partial charge in [-0.25, -0.2) is 0 Å². The molecule has 9 nitrogen and oxygen atoms in total. The van der Waals surface area contributed by atoms with Crippen LogP contribution < -0.4 is 20.1 Å². The molecule has 0 saturated heterocycles. The molecule has 0 aliphatic carbocycles. The number of hydrogen-bond acceptors (Lipinski definition) is 7. The third-order valence-corrected chi connectivity index (χ3v) is 4.23. The number of ether oxygens (including phenoxy) is 2. The first kappa shape index (κ1) is 21.9. The average molecular weight is 430 g/mol. The molecule has 9 heteroatoms. The maximum atomic E-state index is 12.5. The highest BCUT2D eigenvalue weighted by atomic mass is 16.6. The summed E-state index contributed by atoms with van der Waals surface area (Å²) in [5.41, 5.74) is 0.456. The van der Waals surface area contributed by atoms with E-state index in [4.69, 9.17) is 9.47 Å². The first-order valence-electron chi connectivity index (χ1n) is 9.33. The zero-order chi connectivity index (χ0) is 22.9. The van der Waals surface area contributed by atoms with Crippen LogP contribution in [-0.2, 0) is 4.79 Å². The van der Waals surface area contributed by atoms with Crippen molar-refractivity contribution >= 4 is 23.0 Å². The molecular formula is C23H18N4O5. The molecule has 2 N–H and O–H groups in total. The smallest absolute Gasteiger partial charge is 0.273 e. The minimum absolute atomic E-state index is 0.104. The highest BCUT2D eigenvalue weighted by Crippen LogP contribution is 2.29. The molecule has 160 valence electrons. The predicted octanol–water partition coefficient (Wildman–Crippen LogP) is 4.85. The Kier molecular flexibility index (Phi) is 7.01. The Morgan fingerprint density at radius 3 is 2.38 bits per heavy atom. The highest BCUT2D eigenvalue weighted by molar-refractivity contribution is 6.07. The Morgan fingerprint density at radius 2 is 1.75 bits per heavy atom. The minimum Gasteiger partial charge on any atom is -0.494 e. The second-order valence-corrected chi connectivity index (χ2v) is 6.35. The molecule has 3 rings (SSSR count). The van der Waals surface area contributed by atoms with E-state index in [0.29, 0.717) is 17.2 Å². The van der Waals surface area contributed by atoms with Gasteiger partial charge in [-0.3, -0.25) is 14.9 Å². The molecule has 0 bridgehead atoms. The first-order valence-corrected chi connectivity index (χ1v) is 9.33. The minimum atomic E-state index is -0.698. The lowest BCUT2D eigenvalue weighted by atomic mass is 10.2. The van der Waals surface area contributed by atoms with E-state index in [1.54, 1.807) is 24.3 Å². The van der Waals surface area contributed by atoms with Gasteiger partial charge in [-0.15, -0.1) is 0 Å². The van der Waals surface area contributed by atoms with Gasteiger partial charge < -0.3 is 20.1 Å². The maximum absolute atomic E-state index is 12.5. The lowest BCUT2D eigenvalue weighted by molar-refractivity contribution is -0.384. The van der Waals surface area contributed by atoms with Crippen molar-refractivity contribution in [3.8, 4) is 23.3 Å². The number of nitrogens with one attached hydrogen (secondary N) is 2. The fourth-order valence-electron chi connectivity index (χ4n) is 2.63. The van der Waals surface area contributed by atoms with Crippen molar-refractivity contribution in [2.45, 2.75) is 0 Å². The summed E-state index contributed by atoms with van der Waals surface area (Å²) in [5, 5.41) is 25.6. The van der Waals surface area contributed by atoms with Crippen LogP contribution in [0.3, 0.4) is 0 Å². The second-order valence-electron chi connectivity index (χ2n) is 6.35. The molecule has 3 aromatic rings. The number of anilines is 2. The molecule has 0 heterocycles. The van der Waals surface area contributed by atoms with Crippen molar-refractivity contribution in [3.05, 3.63) is 94.7 Å². The molecule has 0 radical (unpaired) electrons. The van der Waals surface area contributed by atoms with Crippen molar-refractivity contribution < 1.29 is 19.2 Å². The molecule has 1 amide bonds. The summed E-state index contributed by atoms with van der Waals surface area (Å²) in [7, 11) is 1.32. The summed E-state index contributed by atoms with van der Waals surface area (Å²) in [5.74, 6) is 0.746. The number of para-hydroxylation sites is 1. The van der Waals surface area contributed by atoms with Gasteiger partial charge in [0.1, 0.15) is 28.9 Å². The van der Waals surface area contributed by atoms with E-state index in [1.165, 1.54) is 31.5 Å². The highest BCUT2D eigenvalue weighted by Gasteiger charge is 2.15. The number of carbonyl (C=O) groups excluding carboxylic acids is 1. The summed E-state index contributed by atoms with van der Waals surface area (Å²) in [6.07, 6.45) is 1.26. The van der Waals surface area contributed by atoms with Gasteiger partial charge in [0.15, 0.2) is 0 Å². The average Bonchev–Trinajstić information content (AvgIpc) is 2.81. The molecule has 32 heavy (non-hydrogen) atoms. The Morgan fingerprint density at radius 1 is 1.06 bits per heavy atom. The number of non-ortho nitro benzene ring substituents is 1. The largest absolute Gasteiger partial charge is 0.494 e. The van der Waals surface area contributed by atoms with Gasteiger partial charge in [0, 0.05) is 18.0 Å². The number of nitriles is 1. The van der Waals surface area contributed by atoms with Crippen LogP contribution in [-0.4, -0.2) is 17.9 Å². The number of nitro groups is 1. The Bertz CT molecular complexity index is 1190. The van der Waals surface area contributed by atoms with E-state index in [1.807, 2.05) is 36.4 Å². The number of carbonyl (C=O) groups is 1. The number of amides is 1. The lowest BCUT2D eigenvalue weighted by Gasteiger charge is -2.10. The van der Waals surface area contributed by atoms with Crippen molar-refractivity contribution in [2.75, 3.05) is 17.7 Å². The van der Waals surface area contributed by atoms with Gasteiger partial charge in [-0.1, -0.05) is 18.2 Å². The first-order chi connectivity index (χ1) is 15.5. The molecule has 0 atom stereocenters. The molecule has 0 aliphatic heterocycles. The van der Waals surface area contributed by atoms with E-state index in [0.717, 1.165) is 0 Å². The molecule has 0 aliphatic rings. The van der Waals surface area contributed by atoms with Gasteiger partial charge in [0.05, 0.1) is 23.8 Å². The lowest BCUT2D eigenvalue weighted by Crippen LogP contribution is -2.15. The van der Waals surface area contributed by atoms with E-state index in [-0.39, 0.29) is 22.7 Å². The molecule has 0 spiro atoms. The summed E-state index contributed by atoms with van der Waals surface area (Å²) >= 11 is 0. The predicted molar refractivity (Wildman–Crippen MR) is 119 cm³/mol. The summed E-state index contributed by atoms with van der Waals surface area (Å²) < 4.78 is 10.8. The van der Waals surface area contributed by atoms with Gasteiger partial charge >= 0.3 is 0 Å². The van der Waals surface area contributed by atoms with Gasteiger partial charge in [-0.05, 0) is 42.5 Å². The van der Waals surface area contributed by atoms with E-state index in [2.05, 4.69) is 10.6 Å². The molecule has 3 aromatic carbocycles. The van der Waals surface area contributed by atoms with Crippen LogP contribution in [0.5, 0.6) is 17.2 Å².